The molecule has 1 amide bonds. The van der Waals surface area contributed by atoms with Crippen LogP contribution in [0.1, 0.15) is 10.4 Å². The van der Waals surface area contributed by atoms with Gasteiger partial charge >= 0.3 is 5.69 Å². The Morgan fingerprint density at radius 1 is 1.09 bits per heavy atom. The van der Waals surface area contributed by atoms with Crippen LogP contribution < -0.4 is 10.3 Å². The number of nitro benzene ring substituents is 1. The van der Waals surface area contributed by atoms with Gasteiger partial charge in [-0.15, -0.1) is 0 Å². The number of carbonyl (C=O) groups excluding carboxylic acids is 1. The molecule has 1 aromatic heterocycles. The van der Waals surface area contributed by atoms with Gasteiger partial charge in [0.25, 0.3) is 11.5 Å². The number of ether oxygens (including phenoxy) is 1. The molecule has 0 saturated carbocycles. The summed E-state index contributed by atoms with van der Waals surface area (Å²) in [7, 11) is -2.77. The molecule has 12 heteroatoms. The van der Waals surface area contributed by atoms with Crippen molar-refractivity contribution in [1.29, 1.82) is 0 Å². The van der Waals surface area contributed by atoms with Gasteiger partial charge in [0.2, 0.25) is 10.0 Å². The van der Waals surface area contributed by atoms with Gasteiger partial charge in [-0.25, -0.2) is 8.42 Å². The Kier molecular flexibility index (Phi) is 5.87. The van der Waals surface area contributed by atoms with Crippen molar-refractivity contribution in [3.05, 3.63) is 74.6 Å². The fraction of sp³-hybridized carbons (Fsp3) is 0.238. The molecule has 0 bridgehead atoms. The van der Waals surface area contributed by atoms with Gasteiger partial charge in [0.15, 0.2) is 5.75 Å². The van der Waals surface area contributed by atoms with Gasteiger partial charge in [-0.05, 0) is 29.7 Å². The first kappa shape index (κ1) is 22.4. The van der Waals surface area contributed by atoms with E-state index in [2.05, 4.69) is 4.98 Å². The van der Waals surface area contributed by atoms with E-state index in [4.69, 9.17) is 4.74 Å². The maximum Gasteiger partial charge on any atom is 0.312 e. The number of pyridine rings is 1. The lowest BCUT2D eigenvalue weighted by Crippen LogP contribution is -2.51. The topological polar surface area (TPSA) is 143 Å². The van der Waals surface area contributed by atoms with Gasteiger partial charge in [-0.3, -0.25) is 19.7 Å². The highest BCUT2D eigenvalue weighted by atomic mass is 32.2. The summed E-state index contributed by atoms with van der Waals surface area (Å²) >= 11 is 0. The van der Waals surface area contributed by atoms with Gasteiger partial charge in [-0.2, -0.15) is 4.31 Å². The number of fused-ring (bicyclic) bond motifs is 1. The van der Waals surface area contributed by atoms with Gasteiger partial charge in [-0.1, -0.05) is 18.2 Å². The zero-order chi connectivity index (χ0) is 23.8. The lowest BCUT2D eigenvalue weighted by Gasteiger charge is -2.33. The SMILES string of the molecule is COc1ccc(S(=O)(=O)N2CCN(C(=O)c3cc4ccccc4[nH]c3=O)CC2)cc1[N+](=O)[O-]. The van der Waals surface area contributed by atoms with Crippen molar-refractivity contribution in [2.75, 3.05) is 33.3 Å². The van der Waals surface area contributed by atoms with Gasteiger partial charge in [0.1, 0.15) is 5.56 Å². The minimum atomic E-state index is -4.03. The van der Waals surface area contributed by atoms with E-state index in [-0.39, 0.29) is 42.4 Å². The second-order valence-corrected chi connectivity index (χ2v) is 9.32. The summed E-state index contributed by atoms with van der Waals surface area (Å²) in [5.41, 5.74) is -0.374. The third-order valence-corrected chi connectivity index (χ3v) is 7.39. The van der Waals surface area contributed by atoms with Crippen molar-refractivity contribution in [2.24, 2.45) is 0 Å². The van der Waals surface area contributed by atoms with E-state index in [1.54, 1.807) is 24.3 Å². The molecule has 0 aliphatic carbocycles. The Balaban J connectivity index is 1.52. The number of hydrogen-bond donors (Lipinski definition) is 1. The Morgan fingerprint density at radius 2 is 1.79 bits per heavy atom. The molecular formula is C21H20N4O7S. The highest BCUT2D eigenvalue weighted by Gasteiger charge is 2.32. The molecule has 172 valence electrons. The number of carbonyl (C=O) groups is 1. The number of nitro groups is 1. The van der Waals surface area contributed by atoms with Crippen LogP contribution in [0.5, 0.6) is 5.75 Å². The molecule has 3 aromatic rings. The Morgan fingerprint density at radius 3 is 2.45 bits per heavy atom. The summed E-state index contributed by atoms with van der Waals surface area (Å²) in [6.45, 7) is 0.115. The lowest BCUT2D eigenvalue weighted by molar-refractivity contribution is -0.386. The molecule has 1 N–H and O–H groups in total. The number of para-hydroxylation sites is 1. The summed E-state index contributed by atoms with van der Waals surface area (Å²) < 4.78 is 32.1. The quantitative estimate of drug-likeness (QED) is 0.439. The van der Waals surface area contributed by atoms with Crippen LogP contribution in [0.3, 0.4) is 0 Å². The molecule has 2 aromatic carbocycles. The van der Waals surface area contributed by atoms with Crippen LogP contribution in [0.15, 0.2) is 58.2 Å². The Bertz CT molecular complexity index is 1410. The van der Waals surface area contributed by atoms with E-state index in [9.17, 15) is 28.1 Å². The van der Waals surface area contributed by atoms with E-state index >= 15 is 0 Å². The number of piperazine rings is 1. The monoisotopic (exact) mass is 472 g/mol. The summed E-state index contributed by atoms with van der Waals surface area (Å²) in [4.78, 5) is 39.7. The van der Waals surface area contributed by atoms with Crippen molar-refractivity contribution in [3.63, 3.8) is 0 Å². The molecule has 0 unspecified atom stereocenters. The van der Waals surface area contributed by atoms with Gasteiger partial charge in [0.05, 0.1) is 16.9 Å². The standard InChI is InChI=1S/C21H20N4O7S/c1-32-19-7-6-15(13-18(19)25(28)29)33(30,31)24-10-8-23(9-11-24)21(27)16-12-14-4-2-3-5-17(14)22-20(16)26/h2-7,12-13H,8-11H2,1H3,(H,22,26). The molecule has 0 spiro atoms. The fourth-order valence-electron chi connectivity index (χ4n) is 3.73. The average Bonchev–Trinajstić information content (AvgIpc) is 2.82. The highest BCUT2D eigenvalue weighted by Crippen LogP contribution is 2.30. The van der Waals surface area contributed by atoms with Crippen LogP contribution in [0.4, 0.5) is 5.69 Å². The molecule has 33 heavy (non-hydrogen) atoms. The molecule has 0 radical (unpaired) electrons. The number of amides is 1. The number of rotatable bonds is 5. The second kappa shape index (κ2) is 8.64. The third kappa shape index (κ3) is 4.17. The smallest absolute Gasteiger partial charge is 0.312 e. The highest BCUT2D eigenvalue weighted by molar-refractivity contribution is 7.89. The second-order valence-electron chi connectivity index (χ2n) is 7.39. The molecule has 1 aliphatic rings. The van der Waals surface area contributed by atoms with Gasteiger partial charge in [0, 0.05) is 37.8 Å². The van der Waals surface area contributed by atoms with E-state index in [0.29, 0.717) is 10.9 Å². The molecule has 1 fully saturated rings. The van der Waals surface area contributed by atoms with Crippen molar-refractivity contribution in [1.82, 2.24) is 14.2 Å². The summed E-state index contributed by atoms with van der Waals surface area (Å²) in [6, 6.07) is 12.0. The summed E-state index contributed by atoms with van der Waals surface area (Å²) in [6.07, 6.45) is 0. The van der Waals surface area contributed by atoms with Crippen molar-refractivity contribution in [3.8, 4) is 5.75 Å². The molecular weight excluding hydrogens is 452 g/mol. The Hall–Kier alpha value is -3.77. The first-order valence-electron chi connectivity index (χ1n) is 9.96. The fourth-order valence-corrected chi connectivity index (χ4v) is 5.17. The summed E-state index contributed by atoms with van der Waals surface area (Å²) in [5, 5.41) is 12.0. The van der Waals surface area contributed by atoms with E-state index < -0.39 is 32.1 Å². The predicted molar refractivity (Wildman–Crippen MR) is 119 cm³/mol. The van der Waals surface area contributed by atoms with Crippen LogP contribution in [-0.2, 0) is 10.0 Å². The summed E-state index contributed by atoms with van der Waals surface area (Å²) in [5.74, 6) is -0.533. The third-order valence-electron chi connectivity index (χ3n) is 5.49. The normalized spacial score (nSPS) is 14.9. The number of sulfonamides is 1. The van der Waals surface area contributed by atoms with Crippen LogP contribution in [0.25, 0.3) is 10.9 Å². The number of nitrogens with one attached hydrogen (secondary N) is 1. The van der Waals surface area contributed by atoms with Crippen LogP contribution in [0.2, 0.25) is 0 Å². The maximum absolute atomic E-state index is 13.0. The Labute approximate surface area is 188 Å². The largest absolute Gasteiger partial charge is 0.490 e. The number of benzene rings is 2. The average molecular weight is 472 g/mol. The number of hydrogen-bond acceptors (Lipinski definition) is 7. The first-order chi connectivity index (χ1) is 15.7. The molecule has 1 saturated heterocycles. The van der Waals surface area contributed by atoms with E-state index in [1.807, 2.05) is 0 Å². The number of aromatic amines is 1. The first-order valence-corrected chi connectivity index (χ1v) is 11.4. The van der Waals surface area contributed by atoms with Crippen molar-refractivity contribution in [2.45, 2.75) is 4.90 Å². The molecule has 0 atom stereocenters. The minimum Gasteiger partial charge on any atom is -0.490 e. The zero-order valence-electron chi connectivity index (χ0n) is 17.6. The van der Waals surface area contributed by atoms with Crippen LogP contribution in [-0.4, -0.2) is 66.7 Å². The predicted octanol–water partition coefficient (Wildman–Crippen LogP) is 1.59. The molecule has 1 aliphatic heterocycles. The number of nitrogens with zero attached hydrogens (tertiary/aromatic N) is 3. The number of methoxy groups -OCH3 is 1. The van der Waals surface area contributed by atoms with E-state index in [0.717, 1.165) is 10.4 Å². The lowest BCUT2D eigenvalue weighted by atomic mass is 10.1. The van der Waals surface area contributed by atoms with E-state index in [1.165, 1.54) is 30.2 Å². The van der Waals surface area contributed by atoms with Crippen molar-refractivity contribution >= 4 is 32.5 Å². The van der Waals surface area contributed by atoms with Crippen LogP contribution in [0, 0.1) is 10.1 Å². The van der Waals surface area contributed by atoms with Crippen molar-refractivity contribution < 1.29 is 22.9 Å². The molecule has 11 nitrogen and oxygen atoms in total. The maximum atomic E-state index is 13.0. The number of aromatic nitrogens is 1. The number of H-pyrrole nitrogens is 1. The minimum absolute atomic E-state index is 0.0145. The molecule has 2 heterocycles. The van der Waals surface area contributed by atoms with Crippen LogP contribution >= 0.6 is 0 Å². The molecule has 4 rings (SSSR count). The zero-order valence-corrected chi connectivity index (χ0v) is 18.4. The van der Waals surface area contributed by atoms with Gasteiger partial charge < -0.3 is 14.6 Å².